The molecule has 0 N–H and O–H groups in total. The summed E-state index contributed by atoms with van der Waals surface area (Å²) in [5, 5.41) is 6.68. The first kappa shape index (κ1) is 14.3. The second-order valence-corrected chi connectivity index (χ2v) is 6.27. The standard InChI is InChI=1S/C10H16ClN3O2S/c1-4-8-9(5-2)13-14-10(12-8)17(15,16)7(3)6-11/h7H,4-6H2,1-3H3. The number of sulfone groups is 1. The molecule has 0 aliphatic carbocycles. The number of halogens is 1. The van der Waals surface area contributed by atoms with Crippen LogP contribution in [0.2, 0.25) is 0 Å². The van der Waals surface area contributed by atoms with Crippen LogP contribution >= 0.6 is 11.6 Å². The van der Waals surface area contributed by atoms with E-state index in [0.29, 0.717) is 18.5 Å². The first-order valence-corrected chi connectivity index (χ1v) is 7.57. The van der Waals surface area contributed by atoms with Gasteiger partial charge >= 0.3 is 0 Å². The maximum atomic E-state index is 12.0. The average Bonchev–Trinajstić information content (AvgIpc) is 2.36. The molecule has 96 valence electrons. The molecule has 1 aromatic heterocycles. The average molecular weight is 278 g/mol. The van der Waals surface area contributed by atoms with Crippen molar-refractivity contribution >= 4 is 21.4 Å². The van der Waals surface area contributed by atoms with Gasteiger partial charge in [-0.05, 0) is 19.8 Å². The summed E-state index contributed by atoms with van der Waals surface area (Å²) in [6, 6.07) is 0. The SMILES string of the molecule is CCc1nnc(S(=O)(=O)C(C)CCl)nc1CC. The summed E-state index contributed by atoms with van der Waals surface area (Å²) < 4.78 is 24.0. The van der Waals surface area contributed by atoms with Gasteiger partial charge in [0.2, 0.25) is 9.84 Å². The second kappa shape index (κ2) is 5.73. The predicted molar refractivity (Wildman–Crippen MR) is 66.0 cm³/mol. The molecule has 17 heavy (non-hydrogen) atoms. The number of aryl methyl sites for hydroxylation is 2. The van der Waals surface area contributed by atoms with Gasteiger partial charge in [0.15, 0.2) is 0 Å². The molecule has 1 atom stereocenters. The van der Waals surface area contributed by atoms with E-state index in [2.05, 4.69) is 15.2 Å². The smallest absolute Gasteiger partial charge is 0.220 e. The van der Waals surface area contributed by atoms with Crippen LogP contribution in [-0.4, -0.2) is 34.7 Å². The van der Waals surface area contributed by atoms with Gasteiger partial charge in [-0.2, -0.15) is 5.10 Å². The monoisotopic (exact) mass is 277 g/mol. The highest BCUT2D eigenvalue weighted by molar-refractivity contribution is 7.91. The zero-order chi connectivity index (χ0) is 13.1. The molecule has 0 spiro atoms. The summed E-state index contributed by atoms with van der Waals surface area (Å²) >= 11 is 5.56. The van der Waals surface area contributed by atoms with Crippen molar-refractivity contribution in [3.8, 4) is 0 Å². The van der Waals surface area contributed by atoms with E-state index in [1.807, 2.05) is 13.8 Å². The number of nitrogens with zero attached hydrogens (tertiary/aromatic N) is 3. The van der Waals surface area contributed by atoms with Gasteiger partial charge in [0.1, 0.15) is 0 Å². The lowest BCUT2D eigenvalue weighted by Gasteiger charge is -2.09. The van der Waals surface area contributed by atoms with Crippen molar-refractivity contribution in [1.82, 2.24) is 15.2 Å². The van der Waals surface area contributed by atoms with Gasteiger partial charge in [0, 0.05) is 5.88 Å². The largest absolute Gasteiger partial charge is 0.267 e. The summed E-state index contributed by atoms with van der Waals surface area (Å²) in [7, 11) is -3.56. The molecule has 0 aliphatic rings. The van der Waals surface area contributed by atoms with Gasteiger partial charge in [-0.1, -0.05) is 13.8 Å². The van der Waals surface area contributed by atoms with Crippen molar-refractivity contribution < 1.29 is 8.42 Å². The molecule has 7 heteroatoms. The lowest BCUT2D eigenvalue weighted by molar-refractivity contribution is 0.571. The Morgan fingerprint density at radius 1 is 1.18 bits per heavy atom. The molecule has 1 aromatic rings. The van der Waals surface area contributed by atoms with Crippen molar-refractivity contribution in [3.63, 3.8) is 0 Å². The zero-order valence-corrected chi connectivity index (χ0v) is 11.7. The van der Waals surface area contributed by atoms with Crippen molar-refractivity contribution in [3.05, 3.63) is 11.4 Å². The highest BCUT2D eigenvalue weighted by atomic mass is 35.5. The molecule has 5 nitrogen and oxygen atoms in total. The van der Waals surface area contributed by atoms with Gasteiger partial charge in [-0.25, -0.2) is 13.4 Å². The predicted octanol–water partition coefficient (Wildman–Crippen LogP) is 1.40. The Bertz CT molecular complexity index is 490. The Morgan fingerprint density at radius 2 is 1.76 bits per heavy atom. The minimum atomic E-state index is -3.56. The zero-order valence-electron chi connectivity index (χ0n) is 10.1. The van der Waals surface area contributed by atoms with Crippen molar-refractivity contribution in [2.75, 3.05) is 5.88 Å². The van der Waals surface area contributed by atoms with Crippen LogP contribution in [0.15, 0.2) is 5.16 Å². The fourth-order valence-electron chi connectivity index (χ4n) is 1.30. The summed E-state index contributed by atoms with van der Waals surface area (Å²) in [4.78, 5) is 4.08. The second-order valence-electron chi connectivity index (χ2n) is 3.70. The Hall–Kier alpha value is -0.750. The third-order valence-electron chi connectivity index (χ3n) is 2.49. The molecule has 1 unspecified atom stereocenters. The number of hydrogen-bond acceptors (Lipinski definition) is 5. The maximum Gasteiger partial charge on any atom is 0.267 e. The molecule has 0 radical (unpaired) electrons. The fraction of sp³-hybridized carbons (Fsp3) is 0.700. The Morgan fingerprint density at radius 3 is 2.24 bits per heavy atom. The minimum absolute atomic E-state index is 0.0165. The first-order valence-electron chi connectivity index (χ1n) is 5.49. The highest BCUT2D eigenvalue weighted by Crippen LogP contribution is 2.14. The highest BCUT2D eigenvalue weighted by Gasteiger charge is 2.26. The van der Waals surface area contributed by atoms with Crippen molar-refractivity contribution in [1.29, 1.82) is 0 Å². The number of aromatic nitrogens is 3. The van der Waals surface area contributed by atoms with E-state index in [4.69, 9.17) is 11.6 Å². The van der Waals surface area contributed by atoms with Crippen LogP contribution < -0.4 is 0 Å². The van der Waals surface area contributed by atoms with Gasteiger partial charge in [-0.15, -0.1) is 16.7 Å². The van der Waals surface area contributed by atoms with Crippen LogP contribution in [0, 0.1) is 0 Å². The molecular formula is C10H16ClN3O2S. The molecule has 0 bridgehead atoms. The maximum absolute atomic E-state index is 12.0. The van der Waals surface area contributed by atoms with E-state index >= 15 is 0 Å². The summed E-state index contributed by atoms with van der Waals surface area (Å²) in [6.45, 7) is 5.37. The fourth-order valence-corrected chi connectivity index (χ4v) is 2.72. The molecule has 0 aromatic carbocycles. The molecule has 1 heterocycles. The van der Waals surface area contributed by atoms with Crippen LogP contribution in [0.3, 0.4) is 0 Å². The van der Waals surface area contributed by atoms with E-state index in [9.17, 15) is 8.42 Å². The topological polar surface area (TPSA) is 72.8 Å². The first-order chi connectivity index (χ1) is 7.97. The van der Waals surface area contributed by atoms with Crippen molar-refractivity contribution in [2.24, 2.45) is 0 Å². The Kier molecular flexibility index (Phi) is 4.82. The van der Waals surface area contributed by atoms with Crippen LogP contribution in [-0.2, 0) is 22.7 Å². The molecule has 0 amide bonds. The van der Waals surface area contributed by atoms with Crippen LogP contribution in [0.25, 0.3) is 0 Å². The van der Waals surface area contributed by atoms with Crippen molar-refractivity contribution in [2.45, 2.75) is 44.0 Å². The van der Waals surface area contributed by atoms with E-state index in [1.54, 1.807) is 0 Å². The van der Waals surface area contributed by atoms with Crippen LogP contribution in [0.1, 0.15) is 32.2 Å². The normalized spacial score (nSPS) is 13.6. The van der Waals surface area contributed by atoms with Crippen LogP contribution in [0.4, 0.5) is 0 Å². The molecule has 1 rings (SSSR count). The Balaban J connectivity index is 3.25. The number of alkyl halides is 1. The third-order valence-corrected chi connectivity index (χ3v) is 5.05. The van der Waals surface area contributed by atoms with Gasteiger partial charge < -0.3 is 0 Å². The van der Waals surface area contributed by atoms with E-state index in [0.717, 1.165) is 5.69 Å². The lowest BCUT2D eigenvalue weighted by Crippen LogP contribution is -2.23. The van der Waals surface area contributed by atoms with E-state index in [1.165, 1.54) is 6.92 Å². The molecular weight excluding hydrogens is 262 g/mol. The quantitative estimate of drug-likeness (QED) is 0.761. The minimum Gasteiger partial charge on any atom is -0.220 e. The molecule has 0 saturated carbocycles. The number of hydrogen-bond donors (Lipinski definition) is 0. The van der Waals surface area contributed by atoms with Gasteiger partial charge in [-0.3, -0.25) is 0 Å². The molecule has 0 aliphatic heterocycles. The third kappa shape index (κ3) is 2.93. The van der Waals surface area contributed by atoms with Crippen LogP contribution in [0.5, 0.6) is 0 Å². The van der Waals surface area contributed by atoms with Gasteiger partial charge in [0.05, 0.1) is 16.6 Å². The van der Waals surface area contributed by atoms with E-state index < -0.39 is 15.1 Å². The summed E-state index contributed by atoms with van der Waals surface area (Å²) in [5.41, 5.74) is 1.42. The summed E-state index contributed by atoms with van der Waals surface area (Å²) in [5.74, 6) is 0.0165. The summed E-state index contributed by atoms with van der Waals surface area (Å²) in [6.07, 6.45) is 1.32. The number of rotatable bonds is 5. The molecule has 0 fully saturated rings. The van der Waals surface area contributed by atoms with E-state index in [-0.39, 0.29) is 11.0 Å². The van der Waals surface area contributed by atoms with Gasteiger partial charge in [0.25, 0.3) is 5.16 Å². The molecule has 0 saturated heterocycles. The Labute approximate surface area is 107 Å². The lowest BCUT2D eigenvalue weighted by atomic mass is 10.2.